The van der Waals surface area contributed by atoms with Crippen LogP contribution in [0.4, 0.5) is 0 Å². The van der Waals surface area contributed by atoms with Gasteiger partial charge in [0.15, 0.2) is 5.96 Å². The second-order valence-electron chi connectivity index (χ2n) is 11.8. The molecule has 49 heavy (non-hydrogen) atoms. The molecule has 2 atom stereocenters. The van der Waals surface area contributed by atoms with Crippen LogP contribution in [0.5, 0.6) is 11.5 Å². The Kier molecular flexibility index (Phi) is 12.1. The number of benzene rings is 4. The van der Waals surface area contributed by atoms with E-state index in [1.54, 1.807) is 12.2 Å². The molecule has 4 aromatic carbocycles. The lowest BCUT2D eigenvalue weighted by Gasteiger charge is -2.22. The number of hydrogen-bond donors (Lipinski definition) is 4. The minimum Gasteiger partial charge on any atom is -0.493 e. The fourth-order valence-corrected chi connectivity index (χ4v) is 5.94. The van der Waals surface area contributed by atoms with E-state index in [2.05, 4.69) is 39.9 Å². The molecule has 6 N–H and O–H groups in total. The van der Waals surface area contributed by atoms with Crippen molar-refractivity contribution in [2.24, 2.45) is 16.5 Å². The maximum atomic E-state index is 13.4. The van der Waals surface area contributed by atoms with Gasteiger partial charge in [-0.1, -0.05) is 72.8 Å². The van der Waals surface area contributed by atoms with Crippen LogP contribution in [-0.2, 0) is 19.1 Å². The number of ether oxygens (including phenoxy) is 3. The highest BCUT2D eigenvalue weighted by Crippen LogP contribution is 2.45. The van der Waals surface area contributed by atoms with Crippen molar-refractivity contribution in [2.75, 3.05) is 26.9 Å². The summed E-state index contributed by atoms with van der Waals surface area (Å²) in [5, 5.41) is 9.74. The van der Waals surface area contributed by atoms with Crippen molar-refractivity contribution in [3.05, 3.63) is 84.9 Å². The maximum absolute atomic E-state index is 13.4. The molecule has 2 amide bonds. The third-order valence-corrected chi connectivity index (χ3v) is 8.36. The zero-order chi connectivity index (χ0) is 34.6. The zero-order valence-corrected chi connectivity index (χ0v) is 27.7. The number of fused-ring (bicyclic) bond motifs is 7. The Labute approximate surface area is 285 Å². The molecule has 0 aromatic heterocycles. The molecule has 4 aromatic rings. The van der Waals surface area contributed by atoms with E-state index < -0.39 is 24.0 Å². The average Bonchev–Trinajstić information content (AvgIpc) is 3.11. The van der Waals surface area contributed by atoms with Crippen molar-refractivity contribution in [3.8, 4) is 22.6 Å². The lowest BCUT2D eigenvalue weighted by molar-refractivity contribution is -0.145. The first-order chi connectivity index (χ1) is 23.9. The van der Waals surface area contributed by atoms with E-state index in [-0.39, 0.29) is 37.9 Å². The number of guanidine groups is 1. The molecule has 1 aliphatic rings. The van der Waals surface area contributed by atoms with Crippen LogP contribution >= 0.6 is 0 Å². The van der Waals surface area contributed by atoms with Gasteiger partial charge in [-0.3, -0.25) is 14.6 Å². The Morgan fingerprint density at radius 3 is 2.16 bits per heavy atom. The number of unbranched alkanes of at least 4 members (excludes halogenated alkanes) is 1. The monoisotopic (exact) mass is 665 g/mol. The number of rotatable bonds is 6. The van der Waals surface area contributed by atoms with Gasteiger partial charge in [-0.25, -0.2) is 4.79 Å². The molecule has 0 saturated heterocycles. The Morgan fingerprint density at radius 1 is 0.857 bits per heavy atom. The number of amides is 2. The molecule has 0 bridgehead atoms. The van der Waals surface area contributed by atoms with Crippen molar-refractivity contribution >= 4 is 45.3 Å². The van der Waals surface area contributed by atoms with Gasteiger partial charge in [0.25, 0.3) is 0 Å². The van der Waals surface area contributed by atoms with Crippen LogP contribution in [0.1, 0.15) is 38.5 Å². The molecule has 11 nitrogen and oxygen atoms in total. The summed E-state index contributed by atoms with van der Waals surface area (Å²) in [6.45, 7) is 0.876. The maximum Gasteiger partial charge on any atom is 0.328 e. The third-order valence-electron chi connectivity index (χ3n) is 8.36. The fraction of sp³-hybridized carbons (Fsp3) is 0.316. The van der Waals surface area contributed by atoms with Gasteiger partial charge in [-0.2, -0.15) is 0 Å². The number of hydrogen-bond acceptors (Lipinski definition) is 7. The second kappa shape index (κ2) is 17.0. The molecule has 256 valence electrons. The highest BCUT2D eigenvalue weighted by molar-refractivity contribution is 6.09. The number of carbonyl (C=O) groups is 3. The molecular weight excluding hydrogens is 622 g/mol. The summed E-state index contributed by atoms with van der Waals surface area (Å²) in [6.07, 6.45) is 5.79. The number of aliphatic imine (C=N–C) groups is 1. The predicted molar refractivity (Wildman–Crippen MR) is 191 cm³/mol. The first-order valence-electron chi connectivity index (χ1n) is 16.5. The van der Waals surface area contributed by atoms with Gasteiger partial charge >= 0.3 is 5.97 Å². The minimum atomic E-state index is -0.959. The van der Waals surface area contributed by atoms with Crippen LogP contribution in [0.3, 0.4) is 0 Å². The quantitative estimate of drug-likeness (QED) is 0.0753. The molecule has 0 aliphatic carbocycles. The summed E-state index contributed by atoms with van der Waals surface area (Å²) in [6, 6.07) is 22.4. The molecule has 11 heteroatoms. The molecule has 1 aliphatic heterocycles. The molecule has 0 saturated carbocycles. The SMILES string of the molecule is COC(=O)[C@@H]1CC=CCOc2ccc3ccccc3c2-c2c(ccc3ccccc23)OCCCC(=O)N[C@H](CCCCN=C(N)N)C(=O)N1. The van der Waals surface area contributed by atoms with Crippen LogP contribution in [0.2, 0.25) is 0 Å². The lowest BCUT2D eigenvalue weighted by Crippen LogP contribution is -2.51. The van der Waals surface area contributed by atoms with E-state index >= 15 is 0 Å². The van der Waals surface area contributed by atoms with Gasteiger partial charge in [0.1, 0.15) is 30.2 Å². The normalized spacial score (nSPS) is 17.5. The van der Waals surface area contributed by atoms with Crippen molar-refractivity contribution < 1.29 is 28.6 Å². The largest absolute Gasteiger partial charge is 0.493 e. The van der Waals surface area contributed by atoms with Gasteiger partial charge in [-0.15, -0.1) is 0 Å². The van der Waals surface area contributed by atoms with Gasteiger partial charge in [0, 0.05) is 24.1 Å². The Bertz CT molecular complexity index is 1850. The zero-order valence-electron chi connectivity index (χ0n) is 27.7. The van der Waals surface area contributed by atoms with Crippen molar-refractivity contribution in [3.63, 3.8) is 0 Å². The number of methoxy groups -OCH3 is 1. The average molecular weight is 666 g/mol. The van der Waals surface area contributed by atoms with Gasteiger partial charge in [0.05, 0.1) is 13.7 Å². The highest BCUT2D eigenvalue weighted by Gasteiger charge is 2.27. The number of carbonyl (C=O) groups excluding carboxylic acids is 3. The smallest absolute Gasteiger partial charge is 0.328 e. The first-order valence-corrected chi connectivity index (χ1v) is 16.5. The van der Waals surface area contributed by atoms with Crippen LogP contribution in [0.15, 0.2) is 89.9 Å². The summed E-state index contributed by atoms with van der Waals surface area (Å²) in [5.74, 6) is -0.0438. The topological polar surface area (TPSA) is 167 Å². The van der Waals surface area contributed by atoms with Crippen molar-refractivity contribution in [1.82, 2.24) is 10.6 Å². The van der Waals surface area contributed by atoms with Gasteiger partial charge in [0.2, 0.25) is 11.8 Å². The lowest BCUT2D eigenvalue weighted by atomic mass is 9.92. The first kappa shape index (κ1) is 34.7. The van der Waals surface area contributed by atoms with E-state index in [1.165, 1.54) is 7.11 Å². The van der Waals surface area contributed by atoms with Crippen LogP contribution in [0, 0.1) is 0 Å². The summed E-state index contributed by atoms with van der Waals surface area (Å²) in [5.41, 5.74) is 12.6. The molecule has 0 fully saturated rings. The van der Waals surface area contributed by atoms with Gasteiger partial charge in [-0.05, 0) is 65.8 Å². The van der Waals surface area contributed by atoms with E-state index in [9.17, 15) is 14.4 Å². The predicted octanol–water partition coefficient (Wildman–Crippen LogP) is 4.74. The third kappa shape index (κ3) is 9.07. The molecule has 0 radical (unpaired) electrons. The van der Waals surface area contributed by atoms with Crippen LogP contribution in [0.25, 0.3) is 32.7 Å². The Morgan fingerprint density at radius 2 is 1.51 bits per heavy atom. The van der Waals surface area contributed by atoms with Crippen molar-refractivity contribution in [1.29, 1.82) is 0 Å². The van der Waals surface area contributed by atoms with E-state index in [1.807, 2.05) is 48.5 Å². The van der Waals surface area contributed by atoms with Crippen molar-refractivity contribution in [2.45, 2.75) is 50.6 Å². The van der Waals surface area contributed by atoms with E-state index in [4.69, 9.17) is 25.7 Å². The molecule has 0 spiro atoms. The number of nitrogens with one attached hydrogen (secondary N) is 2. The summed E-state index contributed by atoms with van der Waals surface area (Å²) in [4.78, 5) is 43.2. The van der Waals surface area contributed by atoms with E-state index in [0.29, 0.717) is 43.7 Å². The standard InChI is InChI=1S/C38H43N5O6/c1-47-37(46)30-16-7-9-23-48-31-20-18-25-11-2-4-13-27(25)34(31)35-28-14-5-3-12-26(28)19-21-32(35)49-24-10-17-33(44)42-29(36(45)43-30)15-6-8-22-41-38(39)40/h2-5,7,9,11-14,18-21,29-30H,6,8,10,15-17,22-24H2,1H3,(H,42,44)(H,43,45)(H4,39,40,41)/t29-,30+/m1/s1. The van der Waals surface area contributed by atoms with Gasteiger partial charge < -0.3 is 36.3 Å². The second-order valence-corrected chi connectivity index (χ2v) is 11.8. The van der Waals surface area contributed by atoms with E-state index in [0.717, 1.165) is 32.7 Å². The fourth-order valence-electron chi connectivity index (χ4n) is 5.94. The van der Waals surface area contributed by atoms with Crippen LogP contribution in [-0.4, -0.2) is 62.7 Å². The molecule has 0 unspecified atom stereocenters. The molecular formula is C38H43N5O6. The molecule has 1 heterocycles. The number of nitrogens with zero attached hydrogens (tertiary/aromatic N) is 1. The summed E-state index contributed by atoms with van der Waals surface area (Å²) in [7, 11) is 1.27. The van der Waals surface area contributed by atoms with Crippen LogP contribution < -0.4 is 31.6 Å². The summed E-state index contributed by atoms with van der Waals surface area (Å²) >= 11 is 0. The molecule has 5 rings (SSSR count). The Balaban J connectivity index is 1.48. The highest BCUT2D eigenvalue weighted by atomic mass is 16.5. The number of nitrogens with two attached hydrogens (primary N) is 2. The summed E-state index contributed by atoms with van der Waals surface area (Å²) < 4.78 is 17.8. The number of esters is 1. The minimum absolute atomic E-state index is 0.00686. The Hall–Kier alpha value is -5.58.